The largest absolute Gasteiger partial charge is 0.484 e. The van der Waals surface area contributed by atoms with Gasteiger partial charge in [-0.3, -0.25) is 9.59 Å². The highest BCUT2D eigenvalue weighted by molar-refractivity contribution is 5.94. The molecule has 0 aliphatic heterocycles. The molecule has 1 aromatic rings. The summed E-state index contributed by atoms with van der Waals surface area (Å²) in [6.45, 7) is 0.0104. The SMILES string of the molecule is O=C(COc1cccc(NC(=O)C2CC2)c1)NC1CCCCCC1. The smallest absolute Gasteiger partial charge is 0.258 e. The van der Waals surface area contributed by atoms with Crippen molar-refractivity contribution in [3.8, 4) is 5.75 Å². The second-order valence-corrected chi connectivity index (χ2v) is 6.84. The number of ether oxygens (including phenoxy) is 1. The van der Waals surface area contributed by atoms with Crippen LogP contribution in [0, 0.1) is 5.92 Å². The predicted octanol–water partition coefficient (Wildman–Crippen LogP) is 3.25. The van der Waals surface area contributed by atoms with Crippen LogP contribution in [0.3, 0.4) is 0 Å². The molecule has 2 saturated carbocycles. The number of carbonyl (C=O) groups is 2. The van der Waals surface area contributed by atoms with Crippen molar-refractivity contribution in [1.82, 2.24) is 5.32 Å². The van der Waals surface area contributed by atoms with Crippen molar-refractivity contribution in [2.24, 2.45) is 5.92 Å². The lowest BCUT2D eigenvalue weighted by molar-refractivity contribution is -0.124. The van der Waals surface area contributed by atoms with Crippen LogP contribution in [0.25, 0.3) is 0 Å². The first-order valence-corrected chi connectivity index (χ1v) is 9.04. The first-order valence-electron chi connectivity index (χ1n) is 9.04. The van der Waals surface area contributed by atoms with Crippen LogP contribution in [-0.4, -0.2) is 24.5 Å². The number of hydrogen-bond donors (Lipinski definition) is 2. The zero-order valence-electron chi connectivity index (χ0n) is 14.1. The van der Waals surface area contributed by atoms with Crippen LogP contribution in [0.2, 0.25) is 0 Å². The Morgan fingerprint density at radius 1 is 1.04 bits per heavy atom. The molecule has 24 heavy (non-hydrogen) atoms. The standard InChI is InChI=1S/C19H26N2O3/c22-18(20-15-6-3-1-2-4-7-15)13-24-17-9-5-8-16(12-17)21-19(23)14-10-11-14/h5,8-9,12,14-15H,1-4,6-7,10-11,13H2,(H,20,22)(H,21,23). The van der Waals surface area contributed by atoms with Crippen molar-refractivity contribution in [3.05, 3.63) is 24.3 Å². The van der Waals surface area contributed by atoms with Gasteiger partial charge in [0.25, 0.3) is 5.91 Å². The fourth-order valence-corrected chi connectivity index (χ4v) is 3.10. The monoisotopic (exact) mass is 330 g/mol. The minimum Gasteiger partial charge on any atom is -0.484 e. The number of carbonyl (C=O) groups excluding carboxylic acids is 2. The second-order valence-electron chi connectivity index (χ2n) is 6.84. The summed E-state index contributed by atoms with van der Waals surface area (Å²) in [7, 11) is 0. The molecule has 0 unspecified atom stereocenters. The first-order chi connectivity index (χ1) is 11.7. The van der Waals surface area contributed by atoms with Crippen LogP contribution in [0.1, 0.15) is 51.4 Å². The van der Waals surface area contributed by atoms with E-state index >= 15 is 0 Å². The third kappa shape index (κ3) is 5.25. The van der Waals surface area contributed by atoms with E-state index in [0.29, 0.717) is 11.4 Å². The van der Waals surface area contributed by atoms with Gasteiger partial charge < -0.3 is 15.4 Å². The van der Waals surface area contributed by atoms with E-state index in [1.807, 2.05) is 12.1 Å². The summed E-state index contributed by atoms with van der Waals surface area (Å²) in [6.07, 6.45) is 8.99. The number of rotatable bonds is 6. The molecule has 0 saturated heterocycles. The molecule has 2 aliphatic rings. The van der Waals surface area contributed by atoms with Crippen LogP contribution in [-0.2, 0) is 9.59 Å². The molecular weight excluding hydrogens is 304 g/mol. The van der Waals surface area contributed by atoms with Gasteiger partial charge in [-0.2, -0.15) is 0 Å². The van der Waals surface area contributed by atoms with Gasteiger partial charge in [0.1, 0.15) is 5.75 Å². The molecule has 3 rings (SSSR count). The van der Waals surface area contributed by atoms with Gasteiger partial charge >= 0.3 is 0 Å². The Balaban J connectivity index is 1.45. The Bertz CT molecular complexity index is 576. The summed E-state index contributed by atoms with van der Waals surface area (Å²) >= 11 is 0. The van der Waals surface area contributed by atoms with Gasteiger partial charge in [0.2, 0.25) is 5.91 Å². The summed E-state index contributed by atoms with van der Waals surface area (Å²) < 4.78 is 5.58. The summed E-state index contributed by atoms with van der Waals surface area (Å²) in [6, 6.07) is 7.50. The highest BCUT2D eigenvalue weighted by Crippen LogP contribution is 2.30. The topological polar surface area (TPSA) is 67.4 Å². The maximum absolute atomic E-state index is 12.1. The summed E-state index contributed by atoms with van der Waals surface area (Å²) in [5.74, 6) is 0.757. The van der Waals surface area contributed by atoms with E-state index in [0.717, 1.165) is 25.7 Å². The summed E-state index contributed by atoms with van der Waals surface area (Å²) in [5, 5.41) is 5.95. The van der Waals surface area contributed by atoms with E-state index in [1.54, 1.807) is 12.1 Å². The van der Waals surface area contributed by atoms with E-state index in [4.69, 9.17) is 4.74 Å². The zero-order chi connectivity index (χ0) is 16.8. The molecule has 0 spiro atoms. The normalized spacial score (nSPS) is 18.5. The number of benzene rings is 1. The van der Waals surface area contributed by atoms with Gasteiger partial charge in [-0.1, -0.05) is 31.7 Å². The Hall–Kier alpha value is -2.04. The van der Waals surface area contributed by atoms with Crippen molar-refractivity contribution < 1.29 is 14.3 Å². The number of nitrogens with one attached hydrogen (secondary N) is 2. The van der Waals surface area contributed by atoms with E-state index < -0.39 is 0 Å². The van der Waals surface area contributed by atoms with E-state index in [1.165, 1.54) is 25.7 Å². The Morgan fingerprint density at radius 2 is 1.79 bits per heavy atom. The number of hydrogen-bond acceptors (Lipinski definition) is 3. The lowest BCUT2D eigenvalue weighted by Crippen LogP contribution is -2.37. The van der Waals surface area contributed by atoms with E-state index in [9.17, 15) is 9.59 Å². The molecule has 0 bridgehead atoms. The molecule has 0 aromatic heterocycles. The molecule has 0 radical (unpaired) electrons. The van der Waals surface area contributed by atoms with Gasteiger partial charge in [-0.05, 0) is 37.8 Å². The zero-order valence-corrected chi connectivity index (χ0v) is 14.1. The molecule has 2 amide bonds. The number of amides is 2. The Kier molecular flexibility index (Phi) is 5.72. The molecule has 2 aliphatic carbocycles. The predicted molar refractivity (Wildman–Crippen MR) is 92.9 cm³/mol. The fraction of sp³-hybridized carbons (Fsp3) is 0.579. The minimum absolute atomic E-state index is 0.0104. The van der Waals surface area contributed by atoms with Crippen molar-refractivity contribution in [2.75, 3.05) is 11.9 Å². The van der Waals surface area contributed by atoms with Crippen LogP contribution >= 0.6 is 0 Å². The molecule has 5 heteroatoms. The Labute approximate surface area is 143 Å². The van der Waals surface area contributed by atoms with Gasteiger partial charge in [0.15, 0.2) is 6.61 Å². The first kappa shape index (κ1) is 16.8. The fourth-order valence-electron chi connectivity index (χ4n) is 3.10. The van der Waals surface area contributed by atoms with Crippen LogP contribution in [0.4, 0.5) is 5.69 Å². The van der Waals surface area contributed by atoms with Crippen LogP contribution in [0.5, 0.6) is 5.75 Å². The van der Waals surface area contributed by atoms with Crippen molar-refractivity contribution in [1.29, 1.82) is 0 Å². The maximum atomic E-state index is 12.1. The Morgan fingerprint density at radius 3 is 2.50 bits per heavy atom. The summed E-state index contributed by atoms with van der Waals surface area (Å²) in [5.41, 5.74) is 0.716. The van der Waals surface area contributed by atoms with Crippen LogP contribution < -0.4 is 15.4 Å². The van der Waals surface area contributed by atoms with Crippen LogP contribution in [0.15, 0.2) is 24.3 Å². The highest BCUT2D eigenvalue weighted by Gasteiger charge is 2.29. The highest BCUT2D eigenvalue weighted by atomic mass is 16.5. The van der Waals surface area contributed by atoms with Crippen molar-refractivity contribution >= 4 is 17.5 Å². The lowest BCUT2D eigenvalue weighted by atomic mass is 10.1. The average Bonchev–Trinajstić information content (AvgIpc) is 3.41. The molecule has 0 heterocycles. The second kappa shape index (κ2) is 8.18. The number of anilines is 1. The van der Waals surface area contributed by atoms with Gasteiger partial charge in [0, 0.05) is 23.7 Å². The van der Waals surface area contributed by atoms with E-state index in [2.05, 4.69) is 10.6 Å². The quantitative estimate of drug-likeness (QED) is 0.787. The third-order valence-electron chi connectivity index (χ3n) is 4.64. The average molecular weight is 330 g/mol. The molecule has 1 aromatic carbocycles. The van der Waals surface area contributed by atoms with Gasteiger partial charge in [-0.15, -0.1) is 0 Å². The van der Waals surface area contributed by atoms with E-state index in [-0.39, 0.29) is 30.4 Å². The lowest BCUT2D eigenvalue weighted by Gasteiger charge is -2.16. The van der Waals surface area contributed by atoms with Crippen molar-refractivity contribution in [3.63, 3.8) is 0 Å². The van der Waals surface area contributed by atoms with Gasteiger partial charge in [0.05, 0.1) is 0 Å². The van der Waals surface area contributed by atoms with Crippen molar-refractivity contribution in [2.45, 2.75) is 57.4 Å². The van der Waals surface area contributed by atoms with Gasteiger partial charge in [-0.25, -0.2) is 0 Å². The molecule has 0 atom stereocenters. The molecular formula is C19H26N2O3. The summed E-state index contributed by atoms with van der Waals surface area (Å²) in [4.78, 5) is 23.8. The molecule has 2 N–H and O–H groups in total. The third-order valence-corrected chi connectivity index (χ3v) is 4.64. The minimum atomic E-state index is -0.0747. The molecule has 2 fully saturated rings. The maximum Gasteiger partial charge on any atom is 0.258 e. The molecule has 5 nitrogen and oxygen atoms in total. The molecule has 130 valence electrons.